The number of hydrogen-bond acceptors (Lipinski definition) is 5. The molecule has 0 fully saturated rings. The molecule has 0 saturated heterocycles. The highest BCUT2D eigenvalue weighted by Gasteiger charge is 2.28. The van der Waals surface area contributed by atoms with Crippen molar-refractivity contribution >= 4 is 13.7 Å². The number of unbranched alkanes of at least 4 members (excludes halogenated alkanes) is 36. The summed E-state index contributed by atoms with van der Waals surface area (Å²) in [7, 11) is 1.61. The Labute approximate surface area is 429 Å². The smallest absolute Gasteiger partial charge is 0.391 e. The van der Waals surface area contributed by atoms with Gasteiger partial charge in [-0.25, -0.2) is 4.57 Å². The maximum atomic E-state index is 13.0. The molecule has 3 atom stereocenters. The van der Waals surface area contributed by atoms with Crippen LogP contribution in [0, 0.1) is 0 Å². The molecule has 8 nitrogen and oxygen atoms in total. The van der Waals surface area contributed by atoms with Crippen LogP contribution in [-0.2, 0) is 18.4 Å². The molecule has 0 radical (unpaired) electrons. The molecule has 0 saturated carbocycles. The predicted octanol–water partition coefficient (Wildman–Crippen LogP) is 18.2. The molecule has 0 rings (SSSR count). The van der Waals surface area contributed by atoms with Crippen molar-refractivity contribution in [2.24, 2.45) is 0 Å². The van der Waals surface area contributed by atoms with Crippen LogP contribution < -0.4 is 5.32 Å². The quantitative estimate of drug-likeness (QED) is 0.0243. The summed E-state index contributed by atoms with van der Waals surface area (Å²) in [6.07, 6.45) is 66.5. The number of allylic oxidation sites excluding steroid dienone is 6. The minimum absolute atomic E-state index is 0.0724. The summed E-state index contributed by atoms with van der Waals surface area (Å²) in [5.74, 6) is -0.152. The SMILES string of the molecule is CC/C=C\C/C=C\C/C=C\CCCCCCCCCC(=O)NC(COP(=O)(O)OCC[N+](C)(C)C)C(O)CCCCCCCCCCCCCCCCCCCCCCCCCCCCCCCC. The number of aliphatic hydroxyl groups is 1. The van der Waals surface area contributed by atoms with E-state index < -0.39 is 20.0 Å². The standard InChI is InChI=1S/C60H117N2O6P/c1-6-8-10-12-14-16-18-20-22-24-25-26-27-28-29-30-31-32-33-34-35-36-38-39-41-43-45-47-49-51-53-59(63)58(57-68-69(65,66)67-56-55-62(3,4)5)61-60(64)54-52-50-48-46-44-42-40-37-23-21-19-17-15-13-11-9-7-2/h9,11,15,17,21,23,58-59,63H,6-8,10,12-14,16,18-20,22,24-57H2,1-5H3,(H-,61,64,65,66)/p+1/b11-9-,17-15-,23-21-. The van der Waals surface area contributed by atoms with Gasteiger partial charge in [-0.15, -0.1) is 0 Å². The molecule has 1 amide bonds. The number of amides is 1. The molecular weight excluding hydrogens is 876 g/mol. The van der Waals surface area contributed by atoms with Crippen molar-refractivity contribution < 1.29 is 32.9 Å². The Bertz CT molecular complexity index is 1220. The van der Waals surface area contributed by atoms with E-state index in [-0.39, 0.29) is 19.1 Å². The number of aliphatic hydroxyl groups excluding tert-OH is 1. The van der Waals surface area contributed by atoms with Gasteiger partial charge in [0.25, 0.3) is 0 Å². The Kier molecular flexibility index (Phi) is 50.7. The van der Waals surface area contributed by atoms with Crippen LogP contribution in [0.5, 0.6) is 0 Å². The minimum atomic E-state index is -4.33. The van der Waals surface area contributed by atoms with E-state index in [4.69, 9.17) is 9.05 Å². The number of quaternary nitrogens is 1. The van der Waals surface area contributed by atoms with E-state index >= 15 is 0 Å². The maximum absolute atomic E-state index is 13.0. The molecule has 408 valence electrons. The number of hydrogen-bond donors (Lipinski definition) is 3. The molecule has 3 unspecified atom stereocenters. The monoisotopic (exact) mass is 994 g/mol. The summed E-state index contributed by atoms with van der Waals surface area (Å²) in [5.41, 5.74) is 0. The van der Waals surface area contributed by atoms with E-state index in [1.807, 2.05) is 21.1 Å². The highest BCUT2D eigenvalue weighted by atomic mass is 31.2. The first-order chi connectivity index (χ1) is 33.5. The maximum Gasteiger partial charge on any atom is 0.472 e. The summed E-state index contributed by atoms with van der Waals surface area (Å²) in [6, 6.07) is -0.767. The zero-order valence-electron chi connectivity index (χ0n) is 46.6. The summed E-state index contributed by atoms with van der Waals surface area (Å²) < 4.78 is 23.8. The van der Waals surface area contributed by atoms with E-state index in [0.717, 1.165) is 64.2 Å². The van der Waals surface area contributed by atoms with E-state index in [2.05, 4.69) is 55.6 Å². The molecule has 0 aromatic carbocycles. The zero-order chi connectivity index (χ0) is 50.6. The first-order valence-electron chi connectivity index (χ1n) is 29.9. The molecule has 0 aliphatic rings. The molecule has 3 N–H and O–H groups in total. The van der Waals surface area contributed by atoms with E-state index in [0.29, 0.717) is 23.9 Å². The average molecular weight is 995 g/mol. The van der Waals surface area contributed by atoms with Gasteiger partial charge in [0.1, 0.15) is 13.2 Å². The molecule has 0 aliphatic carbocycles. The molecule has 0 aliphatic heterocycles. The van der Waals surface area contributed by atoms with Gasteiger partial charge in [0.15, 0.2) is 0 Å². The second kappa shape index (κ2) is 51.6. The Morgan fingerprint density at radius 1 is 0.507 bits per heavy atom. The third kappa shape index (κ3) is 54.3. The van der Waals surface area contributed by atoms with Crippen molar-refractivity contribution in [3.63, 3.8) is 0 Å². The number of likely N-dealkylation sites (N-methyl/N-ethyl adjacent to an activating group) is 1. The van der Waals surface area contributed by atoms with E-state index in [9.17, 15) is 19.4 Å². The number of nitrogens with zero attached hydrogens (tertiary/aromatic N) is 1. The Hall–Kier alpha value is -1.28. The van der Waals surface area contributed by atoms with Gasteiger partial charge in [0.05, 0.1) is 39.9 Å². The fourth-order valence-electron chi connectivity index (χ4n) is 9.01. The lowest BCUT2D eigenvalue weighted by Gasteiger charge is -2.26. The van der Waals surface area contributed by atoms with Crippen LogP contribution in [0.15, 0.2) is 36.5 Å². The molecule has 9 heteroatoms. The summed E-state index contributed by atoms with van der Waals surface area (Å²) in [6.45, 7) is 4.80. The highest BCUT2D eigenvalue weighted by Crippen LogP contribution is 2.43. The Morgan fingerprint density at radius 3 is 1.28 bits per heavy atom. The van der Waals surface area contributed by atoms with Gasteiger partial charge in [-0.1, -0.05) is 275 Å². The fourth-order valence-corrected chi connectivity index (χ4v) is 9.74. The number of rotatable bonds is 55. The van der Waals surface area contributed by atoms with Crippen molar-refractivity contribution in [3.8, 4) is 0 Å². The van der Waals surface area contributed by atoms with Crippen LogP contribution in [0.2, 0.25) is 0 Å². The largest absolute Gasteiger partial charge is 0.472 e. The lowest BCUT2D eigenvalue weighted by Crippen LogP contribution is -2.46. The van der Waals surface area contributed by atoms with Crippen LogP contribution in [0.25, 0.3) is 0 Å². The van der Waals surface area contributed by atoms with Gasteiger partial charge < -0.3 is 19.8 Å². The lowest BCUT2D eigenvalue weighted by atomic mass is 10.0. The number of nitrogens with one attached hydrogen (secondary N) is 1. The highest BCUT2D eigenvalue weighted by molar-refractivity contribution is 7.47. The number of phosphoric acid groups is 1. The normalized spacial score (nSPS) is 14.1. The van der Waals surface area contributed by atoms with Gasteiger partial charge in [-0.3, -0.25) is 13.8 Å². The number of phosphoric ester groups is 1. The van der Waals surface area contributed by atoms with Crippen molar-refractivity contribution in [1.82, 2.24) is 5.32 Å². The summed E-state index contributed by atoms with van der Waals surface area (Å²) in [4.78, 5) is 23.3. The van der Waals surface area contributed by atoms with Crippen LogP contribution in [-0.4, -0.2) is 73.4 Å². The molecule has 69 heavy (non-hydrogen) atoms. The second-order valence-corrected chi connectivity index (χ2v) is 23.2. The molecule has 0 aromatic rings. The zero-order valence-corrected chi connectivity index (χ0v) is 47.5. The van der Waals surface area contributed by atoms with Gasteiger partial charge in [0.2, 0.25) is 5.91 Å². The molecular formula is C60H118N2O6P+. The predicted molar refractivity (Wildman–Crippen MR) is 300 cm³/mol. The third-order valence-electron chi connectivity index (χ3n) is 13.7. The molecule has 0 aromatic heterocycles. The average Bonchev–Trinajstić information content (AvgIpc) is 3.31. The van der Waals surface area contributed by atoms with Crippen LogP contribution in [0.3, 0.4) is 0 Å². The van der Waals surface area contributed by atoms with Crippen LogP contribution in [0.1, 0.15) is 290 Å². The molecule has 0 spiro atoms. The van der Waals surface area contributed by atoms with E-state index in [1.165, 1.54) is 199 Å². The minimum Gasteiger partial charge on any atom is -0.391 e. The van der Waals surface area contributed by atoms with E-state index in [1.54, 1.807) is 0 Å². The number of carbonyl (C=O) groups excluding carboxylic acids is 1. The van der Waals surface area contributed by atoms with Gasteiger partial charge in [-0.05, 0) is 44.9 Å². The molecule has 0 bridgehead atoms. The van der Waals surface area contributed by atoms with Crippen LogP contribution >= 0.6 is 7.82 Å². The van der Waals surface area contributed by atoms with Gasteiger partial charge >= 0.3 is 7.82 Å². The van der Waals surface area contributed by atoms with Crippen molar-refractivity contribution in [1.29, 1.82) is 0 Å². The fraction of sp³-hybridized carbons (Fsp3) is 0.883. The van der Waals surface area contributed by atoms with Crippen molar-refractivity contribution in [2.45, 2.75) is 302 Å². The summed E-state index contributed by atoms with van der Waals surface area (Å²) >= 11 is 0. The van der Waals surface area contributed by atoms with Crippen molar-refractivity contribution in [3.05, 3.63) is 36.5 Å². The first kappa shape index (κ1) is 67.7. The first-order valence-corrected chi connectivity index (χ1v) is 31.3. The van der Waals surface area contributed by atoms with Gasteiger partial charge in [-0.2, -0.15) is 0 Å². The Balaban J connectivity index is 4.06. The Morgan fingerprint density at radius 2 is 0.870 bits per heavy atom. The second-order valence-electron chi connectivity index (χ2n) is 21.7. The van der Waals surface area contributed by atoms with Crippen LogP contribution in [0.4, 0.5) is 0 Å². The van der Waals surface area contributed by atoms with Crippen molar-refractivity contribution in [2.75, 3.05) is 40.9 Å². The lowest BCUT2D eigenvalue weighted by molar-refractivity contribution is -0.870. The number of carbonyl (C=O) groups is 1. The third-order valence-corrected chi connectivity index (χ3v) is 14.6. The summed E-state index contributed by atoms with van der Waals surface area (Å²) in [5, 5.41) is 14.1. The van der Waals surface area contributed by atoms with Gasteiger partial charge in [0, 0.05) is 6.42 Å². The molecule has 0 heterocycles. The topological polar surface area (TPSA) is 105 Å².